The van der Waals surface area contributed by atoms with Crippen molar-refractivity contribution in [2.75, 3.05) is 24.6 Å². The van der Waals surface area contributed by atoms with Crippen LogP contribution >= 0.6 is 11.6 Å². The Morgan fingerprint density at radius 1 is 1.14 bits per heavy atom. The first kappa shape index (κ1) is 29.5. The van der Waals surface area contributed by atoms with Crippen molar-refractivity contribution >= 4 is 34.1 Å². The predicted molar refractivity (Wildman–Crippen MR) is 148 cm³/mol. The number of rotatable bonds is 11. The lowest BCUT2D eigenvalue weighted by Gasteiger charge is -2.33. The number of aliphatic hydroxyl groups is 1. The smallest absolute Gasteiger partial charge is 0.491 e. The molecule has 2 aromatic carbocycles. The maximum absolute atomic E-state index is 12.5. The molecule has 1 aliphatic rings. The van der Waals surface area contributed by atoms with Gasteiger partial charge in [0.25, 0.3) is 0 Å². The molecule has 1 atom stereocenters. The van der Waals surface area contributed by atoms with E-state index in [1.54, 1.807) is 6.07 Å². The first-order chi connectivity index (χ1) is 20.0. The zero-order chi connectivity index (χ0) is 29.9. The van der Waals surface area contributed by atoms with Crippen LogP contribution < -0.4 is 14.4 Å². The van der Waals surface area contributed by atoms with E-state index in [1.807, 2.05) is 24.3 Å². The number of aromatic nitrogens is 2. The average Bonchev–Trinajstić information content (AvgIpc) is 3.52. The number of fused-ring (bicyclic) bond motifs is 1. The van der Waals surface area contributed by atoms with Crippen molar-refractivity contribution < 1.29 is 37.1 Å². The maximum Gasteiger partial charge on any atom is 0.573 e. The summed E-state index contributed by atoms with van der Waals surface area (Å²) < 4.78 is 54.5. The molecule has 5 rings (SSSR count). The lowest BCUT2D eigenvalue weighted by Crippen LogP contribution is -2.34. The van der Waals surface area contributed by atoms with Gasteiger partial charge in [0.1, 0.15) is 35.6 Å². The van der Waals surface area contributed by atoms with Crippen molar-refractivity contribution in [3.05, 3.63) is 75.9 Å². The molecule has 1 N–H and O–H groups in total. The highest BCUT2D eigenvalue weighted by molar-refractivity contribution is 6.28. The van der Waals surface area contributed by atoms with E-state index in [0.29, 0.717) is 29.1 Å². The van der Waals surface area contributed by atoms with E-state index in [1.165, 1.54) is 29.0 Å². The van der Waals surface area contributed by atoms with Gasteiger partial charge in [-0.25, -0.2) is 0 Å². The van der Waals surface area contributed by atoms with Crippen LogP contribution in [0.5, 0.6) is 11.5 Å². The molecular formula is C28H28ClF3N4O6. The number of furan rings is 1. The van der Waals surface area contributed by atoms with E-state index in [-0.39, 0.29) is 36.4 Å². The van der Waals surface area contributed by atoms with E-state index in [4.69, 9.17) is 20.8 Å². The molecule has 4 aromatic rings. The number of anilines is 1. The van der Waals surface area contributed by atoms with Gasteiger partial charge in [-0.1, -0.05) is 0 Å². The van der Waals surface area contributed by atoms with Crippen LogP contribution in [-0.2, 0) is 13.0 Å². The van der Waals surface area contributed by atoms with Crippen LogP contribution in [-0.4, -0.2) is 51.7 Å². The second-order valence-electron chi connectivity index (χ2n) is 10.2. The second kappa shape index (κ2) is 12.5. The third-order valence-electron chi connectivity index (χ3n) is 7.13. The molecule has 0 aliphatic carbocycles. The standard InChI is InChI=1S/C28H28ClF3N4O6/c29-27-33-26(36(38)39)16-35(27)12-9-21(37)17-40-22-3-1-20(2-4-22)34-10-7-18(8-11-34)13-24-15-19-14-23(42-28(30,31)32)5-6-25(19)41-24/h1-6,14-16,18,21,37H,7-13,17H2. The Hall–Kier alpha value is -3.97. The van der Waals surface area contributed by atoms with Crippen LogP contribution in [0.1, 0.15) is 25.0 Å². The van der Waals surface area contributed by atoms with Crippen molar-refractivity contribution in [3.8, 4) is 11.5 Å². The molecule has 1 aliphatic heterocycles. The van der Waals surface area contributed by atoms with Crippen molar-refractivity contribution in [1.82, 2.24) is 9.55 Å². The molecule has 0 spiro atoms. The van der Waals surface area contributed by atoms with Gasteiger partial charge < -0.3 is 34.0 Å². The Bertz CT molecular complexity index is 1520. The fourth-order valence-corrected chi connectivity index (χ4v) is 5.22. The van der Waals surface area contributed by atoms with E-state index < -0.39 is 17.4 Å². The predicted octanol–water partition coefficient (Wildman–Crippen LogP) is 6.38. The monoisotopic (exact) mass is 608 g/mol. The second-order valence-corrected chi connectivity index (χ2v) is 10.5. The minimum absolute atomic E-state index is 0.0130. The molecule has 1 fully saturated rings. The Kier molecular flexibility index (Phi) is 8.78. The van der Waals surface area contributed by atoms with Gasteiger partial charge in [0.15, 0.2) is 0 Å². The molecule has 14 heteroatoms. The number of aryl methyl sites for hydroxylation is 1. The van der Waals surface area contributed by atoms with Crippen LogP contribution in [0.25, 0.3) is 11.0 Å². The van der Waals surface area contributed by atoms with Gasteiger partial charge in [-0.05, 0) is 95.2 Å². The number of nitrogens with zero attached hydrogens (tertiary/aromatic N) is 4. The number of imidazole rings is 1. The summed E-state index contributed by atoms with van der Waals surface area (Å²) in [5, 5.41) is 21.6. The average molecular weight is 609 g/mol. The number of halogens is 4. The maximum atomic E-state index is 12.5. The third kappa shape index (κ3) is 7.65. The van der Waals surface area contributed by atoms with Crippen molar-refractivity contribution in [1.29, 1.82) is 0 Å². The first-order valence-corrected chi connectivity index (χ1v) is 13.7. The molecule has 0 amide bonds. The van der Waals surface area contributed by atoms with E-state index in [0.717, 1.165) is 37.4 Å². The van der Waals surface area contributed by atoms with Crippen LogP contribution in [0.2, 0.25) is 5.28 Å². The van der Waals surface area contributed by atoms with Crippen LogP contribution in [0.3, 0.4) is 0 Å². The molecule has 0 radical (unpaired) electrons. The minimum Gasteiger partial charge on any atom is -0.491 e. The van der Waals surface area contributed by atoms with Crippen molar-refractivity contribution in [3.63, 3.8) is 0 Å². The number of ether oxygens (including phenoxy) is 2. The van der Waals surface area contributed by atoms with Crippen molar-refractivity contribution in [2.45, 2.75) is 44.7 Å². The van der Waals surface area contributed by atoms with Crippen LogP contribution in [0.4, 0.5) is 24.7 Å². The molecular weight excluding hydrogens is 581 g/mol. The summed E-state index contributed by atoms with van der Waals surface area (Å²) in [6.07, 6.45) is -1.45. The molecule has 1 saturated heterocycles. The summed E-state index contributed by atoms with van der Waals surface area (Å²) in [6.45, 7) is 2.01. The Morgan fingerprint density at radius 3 is 2.52 bits per heavy atom. The summed E-state index contributed by atoms with van der Waals surface area (Å²) in [5.41, 5.74) is 1.58. The zero-order valence-electron chi connectivity index (χ0n) is 22.3. The zero-order valence-corrected chi connectivity index (χ0v) is 23.1. The summed E-state index contributed by atoms with van der Waals surface area (Å²) in [4.78, 5) is 16.1. The fourth-order valence-electron chi connectivity index (χ4n) is 5.00. The Balaban J connectivity index is 1.06. The van der Waals surface area contributed by atoms with Crippen LogP contribution in [0, 0.1) is 16.0 Å². The molecule has 0 saturated carbocycles. The lowest BCUT2D eigenvalue weighted by atomic mass is 9.92. The summed E-state index contributed by atoms with van der Waals surface area (Å²) in [6, 6.07) is 13.5. The molecule has 2 aromatic heterocycles. The number of aliphatic hydroxyl groups excluding tert-OH is 1. The fraction of sp³-hybridized carbons (Fsp3) is 0.393. The molecule has 0 bridgehead atoms. The number of hydrogen-bond donors (Lipinski definition) is 1. The van der Waals surface area contributed by atoms with Gasteiger partial charge in [0, 0.05) is 37.1 Å². The van der Waals surface area contributed by atoms with Gasteiger partial charge >= 0.3 is 17.5 Å². The van der Waals surface area contributed by atoms with Gasteiger partial charge in [-0.2, -0.15) is 0 Å². The highest BCUT2D eigenvalue weighted by Crippen LogP contribution is 2.32. The lowest BCUT2D eigenvalue weighted by molar-refractivity contribution is -0.389. The first-order valence-electron chi connectivity index (χ1n) is 13.3. The Morgan fingerprint density at radius 2 is 1.86 bits per heavy atom. The largest absolute Gasteiger partial charge is 0.573 e. The van der Waals surface area contributed by atoms with Gasteiger partial charge in [-0.15, -0.1) is 13.2 Å². The number of nitro groups is 1. The van der Waals surface area contributed by atoms with Gasteiger partial charge in [0.05, 0.1) is 6.10 Å². The molecule has 1 unspecified atom stereocenters. The molecule has 10 nitrogen and oxygen atoms in total. The minimum atomic E-state index is -4.74. The van der Waals surface area contributed by atoms with E-state index in [2.05, 4.69) is 14.6 Å². The number of benzene rings is 2. The number of alkyl halides is 3. The third-order valence-corrected chi connectivity index (χ3v) is 7.43. The SMILES string of the molecule is O=[N+]([O-])c1cn(CCC(O)COc2ccc(N3CCC(Cc4cc5cc(OC(F)(F)F)ccc5o4)CC3)cc2)c(Cl)n1. The summed E-state index contributed by atoms with van der Waals surface area (Å²) >= 11 is 5.90. The van der Waals surface area contributed by atoms with Gasteiger partial charge in [-0.3, -0.25) is 4.57 Å². The summed E-state index contributed by atoms with van der Waals surface area (Å²) in [5.74, 6) is 1.12. The highest BCUT2D eigenvalue weighted by Gasteiger charge is 2.31. The molecule has 3 heterocycles. The quantitative estimate of drug-likeness (QED) is 0.154. The van der Waals surface area contributed by atoms with Crippen molar-refractivity contribution in [2.24, 2.45) is 5.92 Å². The number of hydrogen-bond acceptors (Lipinski definition) is 8. The Labute approximate surface area is 243 Å². The molecule has 42 heavy (non-hydrogen) atoms. The summed E-state index contributed by atoms with van der Waals surface area (Å²) in [7, 11) is 0. The molecule has 224 valence electrons. The topological polar surface area (TPSA) is 116 Å². The highest BCUT2D eigenvalue weighted by atomic mass is 35.5. The van der Waals surface area contributed by atoms with Gasteiger partial charge in [0.2, 0.25) is 0 Å². The van der Waals surface area contributed by atoms with Crippen LogP contribution in [0.15, 0.2) is 59.1 Å². The van der Waals surface area contributed by atoms with E-state index >= 15 is 0 Å². The normalized spacial score (nSPS) is 15.2. The van der Waals surface area contributed by atoms with E-state index in [9.17, 15) is 28.4 Å². The number of piperidine rings is 1.